The number of ether oxygens (including phenoxy) is 1. The third kappa shape index (κ3) is 5.04. The number of aromatic nitrogens is 2. The van der Waals surface area contributed by atoms with Crippen LogP contribution in [0.4, 0.5) is 5.00 Å². The quantitative estimate of drug-likeness (QED) is 0.480. The number of thioether (sulfide) groups is 1. The first kappa shape index (κ1) is 18.4. The van der Waals surface area contributed by atoms with Gasteiger partial charge in [-0.25, -0.2) is 14.8 Å². The van der Waals surface area contributed by atoms with E-state index in [9.17, 15) is 9.59 Å². The molecule has 0 saturated carbocycles. The second-order valence-electron chi connectivity index (χ2n) is 5.07. The van der Waals surface area contributed by atoms with Crippen molar-refractivity contribution in [3.63, 3.8) is 0 Å². The summed E-state index contributed by atoms with van der Waals surface area (Å²) >= 11 is 2.57. The van der Waals surface area contributed by atoms with Gasteiger partial charge in [0.05, 0.1) is 17.4 Å². The number of thiophene rings is 1. The molecule has 0 fully saturated rings. The van der Waals surface area contributed by atoms with Gasteiger partial charge in [0.15, 0.2) is 0 Å². The number of amides is 1. The minimum Gasteiger partial charge on any atom is -0.462 e. The summed E-state index contributed by atoms with van der Waals surface area (Å²) in [6.45, 7) is 7.62. The van der Waals surface area contributed by atoms with Gasteiger partial charge in [-0.2, -0.15) is 0 Å². The lowest BCUT2D eigenvalue weighted by Gasteiger charge is -2.04. The van der Waals surface area contributed by atoms with E-state index in [0.29, 0.717) is 22.3 Å². The molecule has 24 heavy (non-hydrogen) atoms. The fourth-order valence-electron chi connectivity index (χ4n) is 2.01. The van der Waals surface area contributed by atoms with Crippen molar-refractivity contribution in [2.24, 2.45) is 0 Å². The summed E-state index contributed by atoms with van der Waals surface area (Å²) < 4.78 is 5.00. The topological polar surface area (TPSA) is 81.2 Å². The van der Waals surface area contributed by atoms with Crippen LogP contribution in [0.25, 0.3) is 0 Å². The summed E-state index contributed by atoms with van der Waals surface area (Å²) in [7, 11) is 0. The molecule has 0 aliphatic carbocycles. The number of nitrogens with one attached hydrogen (secondary N) is 1. The van der Waals surface area contributed by atoms with Crippen LogP contribution < -0.4 is 5.32 Å². The van der Waals surface area contributed by atoms with Gasteiger partial charge in [-0.15, -0.1) is 11.3 Å². The standard InChI is InChI=1S/C16H19N3O3S2/c1-5-22-16(21)15-9(2)6-14(24-15)19-12(20)8-23-13-7-10(3)17-11(4)18-13/h6-7H,5,8H2,1-4H3,(H,19,20). The Balaban J connectivity index is 1.95. The van der Waals surface area contributed by atoms with E-state index in [1.54, 1.807) is 13.0 Å². The van der Waals surface area contributed by atoms with Crippen LogP contribution in [0.15, 0.2) is 17.2 Å². The highest BCUT2D eigenvalue weighted by molar-refractivity contribution is 7.99. The summed E-state index contributed by atoms with van der Waals surface area (Å²) in [5.41, 5.74) is 1.67. The van der Waals surface area contributed by atoms with Crippen molar-refractivity contribution in [3.8, 4) is 0 Å². The highest BCUT2D eigenvalue weighted by atomic mass is 32.2. The van der Waals surface area contributed by atoms with E-state index in [4.69, 9.17) is 4.74 Å². The van der Waals surface area contributed by atoms with Crippen molar-refractivity contribution in [2.45, 2.75) is 32.7 Å². The molecule has 0 unspecified atom stereocenters. The van der Waals surface area contributed by atoms with Gasteiger partial charge in [0.1, 0.15) is 15.7 Å². The van der Waals surface area contributed by atoms with Crippen LogP contribution in [0.5, 0.6) is 0 Å². The third-order valence-corrected chi connectivity index (χ3v) is 4.98. The summed E-state index contributed by atoms with van der Waals surface area (Å²) in [5, 5.41) is 4.21. The number of nitrogens with zero attached hydrogens (tertiary/aromatic N) is 2. The van der Waals surface area contributed by atoms with Gasteiger partial charge in [-0.05, 0) is 45.4 Å². The molecular weight excluding hydrogens is 346 g/mol. The van der Waals surface area contributed by atoms with Crippen molar-refractivity contribution < 1.29 is 14.3 Å². The fraction of sp³-hybridized carbons (Fsp3) is 0.375. The Morgan fingerprint density at radius 2 is 2.00 bits per heavy atom. The molecule has 128 valence electrons. The monoisotopic (exact) mass is 365 g/mol. The maximum atomic E-state index is 12.1. The van der Waals surface area contributed by atoms with Crippen molar-refractivity contribution in [1.29, 1.82) is 0 Å². The molecule has 0 radical (unpaired) electrons. The van der Waals surface area contributed by atoms with E-state index in [1.165, 1.54) is 23.1 Å². The van der Waals surface area contributed by atoms with Crippen LogP contribution in [-0.4, -0.2) is 34.2 Å². The Kier molecular flexibility index (Phi) is 6.33. The number of carbonyl (C=O) groups excluding carboxylic acids is 2. The Morgan fingerprint density at radius 1 is 1.25 bits per heavy atom. The summed E-state index contributed by atoms with van der Waals surface area (Å²) in [4.78, 5) is 32.9. The fourth-order valence-corrected chi connectivity index (χ4v) is 3.80. The molecule has 0 atom stereocenters. The number of hydrogen-bond acceptors (Lipinski definition) is 7. The Morgan fingerprint density at radius 3 is 2.67 bits per heavy atom. The van der Waals surface area contributed by atoms with Crippen LogP contribution in [0.1, 0.15) is 33.7 Å². The molecule has 2 aromatic heterocycles. The Bertz CT molecular complexity index is 739. The lowest BCUT2D eigenvalue weighted by molar-refractivity contribution is -0.113. The van der Waals surface area contributed by atoms with Gasteiger partial charge < -0.3 is 10.1 Å². The molecule has 2 heterocycles. The number of rotatable bonds is 6. The van der Waals surface area contributed by atoms with E-state index >= 15 is 0 Å². The van der Waals surface area contributed by atoms with E-state index in [2.05, 4.69) is 15.3 Å². The highest BCUT2D eigenvalue weighted by Gasteiger charge is 2.16. The SMILES string of the molecule is CCOC(=O)c1sc(NC(=O)CSc2cc(C)nc(C)n2)cc1C. The zero-order valence-corrected chi connectivity index (χ0v) is 15.6. The molecule has 0 aliphatic rings. The van der Waals surface area contributed by atoms with Crippen molar-refractivity contribution >= 4 is 40.0 Å². The predicted octanol–water partition coefficient (Wildman–Crippen LogP) is 3.37. The smallest absolute Gasteiger partial charge is 0.348 e. The second-order valence-corrected chi connectivity index (χ2v) is 7.12. The highest BCUT2D eigenvalue weighted by Crippen LogP contribution is 2.27. The zero-order chi connectivity index (χ0) is 17.7. The van der Waals surface area contributed by atoms with E-state index in [1.807, 2.05) is 26.8 Å². The van der Waals surface area contributed by atoms with Gasteiger partial charge in [0.25, 0.3) is 0 Å². The van der Waals surface area contributed by atoms with Gasteiger partial charge >= 0.3 is 5.97 Å². The molecule has 0 spiro atoms. The number of esters is 1. The summed E-state index contributed by atoms with van der Waals surface area (Å²) in [6.07, 6.45) is 0. The Labute approximate surface area is 149 Å². The lowest BCUT2D eigenvalue weighted by Crippen LogP contribution is -2.13. The van der Waals surface area contributed by atoms with Crippen LogP contribution in [0.2, 0.25) is 0 Å². The third-order valence-electron chi connectivity index (χ3n) is 2.93. The molecule has 1 amide bonds. The van der Waals surface area contributed by atoms with Gasteiger partial charge in [0.2, 0.25) is 5.91 Å². The molecule has 6 nitrogen and oxygen atoms in total. The first-order valence-electron chi connectivity index (χ1n) is 7.41. The lowest BCUT2D eigenvalue weighted by atomic mass is 10.3. The number of anilines is 1. The van der Waals surface area contributed by atoms with Crippen molar-refractivity contribution in [1.82, 2.24) is 9.97 Å². The first-order valence-corrected chi connectivity index (χ1v) is 9.21. The number of carbonyl (C=O) groups is 2. The molecule has 2 rings (SSSR count). The summed E-state index contributed by atoms with van der Waals surface area (Å²) in [6, 6.07) is 3.62. The largest absolute Gasteiger partial charge is 0.462 e. The molecule has 0 aromatic carbocycles. The van der Waals surface area contributed by atoms with E-state index < -0.39 is 0 Å². The minimum atomic E-state index is -0.359. The van der Waals surface area contributed by atoms with Crippen molar-refractivity contribution in [2.75, 3.05) is 17.7 Å². The van der Waals surface area contributed by atoms with Crippen molar-refractivity contribution in [3.05, 3.63) is 34.1 Å². The molecule has 0 bridgehead atoms. The maximum absolute atomic E-state index is 12.1. The molecule has 2 aromatic rings. The first-order chi connectivity index (χ1) is 11.4. The summed E-state index contributed by atoms with van der Waals surface area (Å²) in [5.74, 6) is 0.417. The van der Waals surface area contributed by atoms with E-state index in [-0.39, 0.29) is 17.6 Å². The molecule has 0 aliphatic heterocycles. The molecular formula is C16H19N3O3S2. The van der Waals surface area contributed by atoms with Crippen LogP contribution in [-0.2, 0) is 9.53 Å². The average molecular weight is 365 g/mol. The van der Waals surface area contributed by atoms with Gasteiger partial charge in [-0.1, -0.05) is 11.8 Å². The Hall–Kier alpha value is -1.93. The normalized spacial score (nSPS) is 10.5. The zero-order valence-electron chi connectivity index (χ0n) is 14.0. The number of aryl methyl sites for hydroxylation is 3. The maximum Gasteiger partial charge on any atom is 0.348 e. The van der Waals surface area contributed by atoms with Crippen LogP contribution >= 0.6 is 23.1 Å². The second kappa shape index (κ2) is 8.25. The minimum absolute atomic E-state index is 0.148. The molecule has 8 heteroatoms. The average Bonchev–Trinajstić information content (AvgIpc) is 2.85. The predicted molar refractivity (Wildman–Crippen MR) is 95.9 cm³/mol. The molecule has 0 saturated heterocycles. The van der Waals surface area contributed by atoms with Gasteiger partial charge in [0, 0.05) is 5.69 Å². The van der Waals surface area contributed by atoms with E-state index in [0.717, 1.165) is 16.3 Å². The van der Waals surface area contributed by atoms with Crippen LogP contribution in [0, 0.1) is 20.8 Å². The molecule has 1 N–H and O–H groups in total. The van der Waals surface area contributed by atoms with Crippen LogP contribution in [0.3, 0.4) is 0 Å². The number of hydrogen-bond donors (Lipinski definition) is 1. The van der Waals surface area contributed by atoms with Gasteiger partial charge in [-0.3, -0.25) is 4.79 Å².